The summed E-state index contributed by atoms with van der Waals surface area (Å²) in [7, 11) is 0. The van der Waals surface area contributed by atoms with Crippen LogP contribution in [0.4, 0.5) is 13.2 Å². The number of aliphatic hydroxyl groups is 1. The predicted octanol–water partition coefficient (Wildman–Crippen LogP) is 3.14. The number of carbonyl (C=O) groups is 2. The molecule has 0 radical (unpaired) electrons. The summed E-state index contributed by atoms with van der Waals surface area (Å²) in [5.41, 5.74) is -4.35. The Hall–Kier alpha value is -1.31. The van der Waals surface area contributed by atoms with Crippen LogP contribution < -0.4 is 0 Å². The van der Waals surface area contributed by atoms with Gasteiger partial charge in [0.15, 0.2) is 6.61 Å². The molecule has 0 amide bonds. The van der Waals surface area contributed by atoms with E-state index in [1.165, 1.54) is 0 Å². The highest BCUT2D eigenvalue weighted by atomic mass is 19.4. The monoisotopic (exact) mass is 354 g/mol. The fourth-order valence-corrected chi connectivity index (χ4v) is 3.14. The number of carbonyl (C=O) groups excluding carboxylic acids is 2. The third-order valence-corrected chi connectivity index (χ3v) is 4.88. The van der Waals surface area contributed by atoms with Crippen molar-refractivity contribution in [3.8, 4) is 0 Å². The highest BCUT2D eigenvalue weighted by Crippen LogP contribution is 2.40. The van der Waals surface area contributed by atoms with Gasteiger partial charge < -0.3 is 14.6 Å². The third kappa shape index (κ3) is 4.40. The molecular formula is C16H25F3O5. The molecule has 1 rings (SSSR count). The molecule has 1 aliphatic carbocycles. The molecule has 5 nitrogen and oxygen atoms in total. The lowest BCUT2D eigenvalue weighted by molar-refractivity contribution is -0.257. The fraction of sp³-hybridized carbons (Fsp3) is 0.875. The van der Waals surface area contributed by atoms with Crippen LogP contribution in [0.2, 0.25) is 0 Å². The number of alkyl halides is 3. The minimum atomic E-state index is -5.19. The molecule has 0 aromatic rings. The van der Waals surface area contributed by atoms with E-state index in [-0.39, 0.29) is 12.8 Å². The van der Waals surface area contributed by atoms with E-state index in [1.807, 2.05) is 13.8 Å². The summed E-state index contributed by atoms with van der Waals surface area (Å²) in [6.45, 7) is 3.09. The van der Waals surface area contributed by atoms with Gasteiger partial charge in [0.2, 0.25) is 0 Å². The zero-order chi connectivity index (χ0) is 18.6. The van der Waals surface area contributed by atoms with Crippen LogP contribution in [-0.4, -0.2) is 41.0 Å². The Morgan fingerprint density at radius 3 is 2.04 bits per heavy atom. The first-order valence-electron chi connectivity index (χ1n) is 8.18. The Balaban J connectivity index is 2.66. The Morgan fingerprint density at radius 2 is 1.62 bits per heavy atom. The summed E-state index contributed by atoms with van der Waals surface area (Å²) in [5, 5.41) is 9.18. The van der Waals surface area contributed by atoms with Crippen LogP contribution in [0.5, 0.6) is 0 Å². The van der Waals surface area contributed by atoms with Crippen LogP contribution >= 0.6 is 0 Å². The van der Waals surface area contributed by atoms with Gasteiger partial charge in [-0.2, -0.15) is 13.2 Å². The Kier molecular flexibility index (Phi) is 6.67. The third-order valence-electron chi connectivity index (χ3n) is 4.88. The van der Waals surface area contributed by atoms with Crippen LogP contribution in [0.1, 0.15) is 59.3 Å². The number of hydrogen-bond donors (Lipinski definition) is 1. The van der Waals surface area contributed by atoms with E-state index in [0.29, 0.717) is 12.8 Å². The van der Waals surface area contributed by atoms with Crippen LogP contribution in [0.25, 0.3) is 0 Å². The quantitative estimate of drug-likeness (QED) is 0.711. The molecule has 0 heterocycles. The van der Waals surface area contributed by atoms with Gasteiger partial charge in [0.25, 0.3) is 5.60 Å². The Morgan fingerprint density at radius 1 is 1.12 bits per heavy atom. The van der Waals surface area contributed by atoms with Crippen molar-refractivity contribution in [3.05, 3.63) is 0 Å². The SMILES string of the molecule is CCC(CC)(OC(=O)COC(=O)C(C)(O)C(F)(F)F)C1CCCC1. The molecule has 0 spiro atoms. The Bertz CT molecular complexity index is 449. The molecule has 1 aliphatic rings. The van der Waals surface area contributed by atoms with Gasteiger partial charge in [-0.1, -0.05) is 26.7 Å². The van der Waals surface area contributed by atoms with Crippen LogP contribution in [0.3, 0.4) is 0 Å². The maximum Gasteiger partial charge on any atom is 0.427 e. The van der Waals surface area contributed by atoms with Gasteiger partial charge in [0, 0.05) is 0 Å². The molecule has 8 heteroatoms. The van der Waals surface area contributed by atoms with Crippen molar-refractivity contribution in [2.75, 3.05) is 6.61 Å². The molecule has 1 atom stereocenters. The largest absolute Gasteiger partial charge is 0.456 e. The minimum absolute atomic E-state index is 0.199. The number of esters is 2. The van der Waals surface area contributed by atoms with Gasteiger partial charge >= 0.3 is 18.1 Å². The molecule has 0 aromatic heterocycles. The van der Waals surface area contributed by atoms with E-state index < -0.39 is 35.9 Å². The number of halogens is 3. The summed E-state index contributed by atoms with van der Waals surface area (Å²) >= 11 is 0. The van der Waals surface area contributed by atoms with Crippen LogP contribution in [-0.2, 0) is 19.1 Å². The van der Waals surface area contributed by atoms with Crippen LogP contribution in [0.15, 0.2) is 0 Å². The molecule has 140 valence electrons. The van der Waals surface area contributed by atoms with E-state index in [1.54, 1.807) is 0 Å². The summed E-state index contributed by atoms with van der Waals surface area (Å²) < 4.78 is 47.4. The molecule has 1 fully saturated rings. The molecule has 0 saturated heterocycles. The maximum absolute atomic E-state index is 12.5. The van der Waals surface area contributed by atoms with Gasteiger partial charge in [-0.05, 0) is 38.5 Å². The fourth-order valence-electron chi connectivity index (χ4n) is 3.14. The predicted molar refractivity (Wildman–Crippen MR) is 79.0 cm³/mol. The molecule has 0 aliphatic heterocycles. The van der Waals surface area contributed by atoms with Gasteiger partial charge in [0.05, 0.1) is 0 Å². The second kappa shape index (κ2) is 7.72. The van der Waals surface area contributed by atoms with Crippen molar-refractivity contribution in [2.24, 2.45) is 5.92 Å². The summed E-state index contributed by atoms with van der Waals surface area (Å²) in [6, 6.07) is 0. The van der Waals surface area contributed by atoms with Crippen molar-refractivity contribution < 1.29 is 37.3 Å². The Labute approximate surface area is 139 Å². The standard InChI is InChI=1S/C16H25F3O5/c1-4-15(5-2,11-8-6-7-9-11)24-12(20)10-23-13(21)14(3,22)16(17,18)19/h11,22H,4-10H2,1-3H3. The molecule has 1 saturated carbocycles. The minimum Gasteiger partial charge on any atom is -0.456 e. The smallest absolute Gasteiger partial charge is 0.427 e. The molecule has 1 unspecified atom stereocenters. The van der Waals surface area contributed by atoms with E-state index in [2.05, 4.69) is 4.74 Å². The number of ether oxygens (including phenoxy) is 2. The molecule has 1 N–H and O–H groups in total. The molecule has 0 bridgehead atoms. The van der Waals surface area contributed by atoms with Gasteiger partial charge in [-0.25, -0.2) is 9.59 Å². The first kappa shape index (κ1) is 20.7. The molecular weight excluding hydrogens is 329 g/mol. The first-order valence-corrected chi connectivity index (χ1v) is 8.18. The summed E-state index contributed by atoms with van der Waals surface area (Å²) in [4.78, 5) is 23.3. The first-order chi connectivity index (χ1) is 11.0. The second-order valence-corrected chi connectivity index (χ2v) is 6.37. The lowest BCUT2D eigenvalue weighted by Crippen LogP contribution is -2.51. The zero-order valence-electron chi connectivity index (χ0n) is 14.2. The van der Waals surface area contributed by atoms with E-state index in [9.17, 15) is 27.9 Å². The van der Waals surface area contributed by atoms with E-state index in [4.69, 9.17) is 4.74 Å². The average molecular weight is 354 g/mol. The lowest BCUT2D eigenvalue weighted by atomic mass is 9.81. The van der Waals surface area contributed by atoms with E-state index in [0.717, 1.165) is 25.7 Å². The number of hydrogen-bond acceptors (Lipinski definition) is 5. The summed E-state index contributed by atoms with van der Waals surface area (Å²) in [6.07, 6.45) is -0.0768. The molecule has 24 heavy (non-hydrogen) atoms. The lowest BCUT2D eigenvalue weighted by Gasteiger charge is -2.37. The van der Waals surface area contributed by atoms with Crippen molar-refractivity contribution in [1.82, 2.24) is 0 Å². The maximum atomic E-state index is 12.5. The molecule has 0 aromatic carbocycles. The van der Waals surface area contributed by atoms with Crippen molar-refractivity contribution >= 4 is 11.9 Å². The summed E-state index contributed by atoms with van der Waals surface area (Å²) in [5.74, 6) is -2.63. The van der Waals surface area contributed by atoms with Gasteiger partial charge in [-0.3, -0.25) is 0 Å². The highest BCUT2D eigenvalue weighted by Gasteiger charge is 2.57. The van der Waals surface area contributed by atoms with Gasteiger partial charge in [0.1, 0.15) is 5.60 Å². The van der Waals surface area contributed by atoms with Gasteiger partial charge in [-0.15, -0.1) is 0 Å². The zero-order valence-corrected chi connectivity index (χ0v) is 14.2. The topological polar surface area (TPSA) is 72.8 Å². The van der Waals surface area contributed by atoms with Crippen molar-refractivity contribution in [2.45, 2.75) is 76.7 Å². The second-order valence-electron chi connectivity index (χ2n) is 6.37. The van der Waals surface area contributed by atoms with Crippen LogP contribution in [0, 0.1) is 5.92 Å². The normalized spacial score (nSPS) is 19.0. The number of rotatable bonds is 7. The highest BCUT2D eigenvalue weighted by molar-refractivity contribution is 5.82. The average Bonchev–Trinajstić information content (AvgIpc) is 3.04. The van der Waals surface area contributed by atoms with E-state index >= 15 is 0 Å². The van der Waals surface area contributed by atoms with Crippen molar-refractivity contribution in [1.29, 1.82) is 0 Å². The van der Waals surface area contributed by atoms with Crippen molar-refractivity contribution in [3.63, 3.8) is 0 Å².